The fraction of sp³-hybridized carbons (Fsp3) is 0.316. The third kappa shape index (κ3) is 3.08. The fourth-order valence-electron chi connectivity index (χ4n) is 3.08. The molecule has 2 aliphatic rings. The van der Waals surface area contributed by atoms with Crippen molar-refractivity contribution in [2.75, 3.05) is 13.4 Å². The third-order valence-electron chi connectivity index (χ3n) is 4.31. The molecule has 5 nitrogen and oxygen atoms in total. The topological polar surface area (TPSA) is 54.0 Å². The highest BCUT2D eigenvalue weighted by Crippen LogP contribution is 2.39. The second-order valence-electron chi connectivity index (χ2n) is 5.98. The Bertz CT molecular complexity index is 728. The molecule has 1 saturated heterocycles. The molecule has 2 aromatic rings. The number of rotatable bonds is 5. The van der Waals surface area contributed by atoms with Crippen LogP contribution in [0.5, 0.6) is 11.5 Å². The van der Waals surface area contributed by atoms with Crippen molar-refractivity contribution in [3.8, 4) is 11.5 Å². The Morgan fingerprint density at radius 2 is 1.88 bits per heavy atom. The lowest BCUT2D eigenvalue weighted by Gasteiger charge is -2.23. The van der Waals surface area contributed by atoms with Gasteiger partial charge >= 0.3 is 5.97 Å². The van der Waals surface area contributed by atoms with Gasteiger partial charge in [-0.1, -0.05) is 36.4 Å². The van der Waals surface area contributed by atoms with Gasteiger partial charge in [0.1, 0.15) is 0 Å². The molecule has 124 valence electrons. The Kier molecular flexibility index (Phi) is 4.09. The van der Waals surface area contributed by atoms with E-state index in [4.69, 9.17) is 18.9 Å². The molecule has 0 bridgehead atoms. The Labute approximate surface area is 140 Å². The summed E-state index contributed by atoms with van der Waals surface area (Å²) in [5.74, 6) is 1.28. The first-order chi connectivity index (χ1) is 11.8. The van der Waals surface area contributed by atoms with Crippen molar-refractivity contribution in [1.82, 2.24) is 0 Å². The molecular formula is C19H18O5. The van der Waals surface area contributed by atoms with Gasteiger partial charge in [0, 0.05) is 5.92 Å². The van der Waals surface area contributed by atoms with E-state index in [1.54, 1.807) is 0 Å². The average molecular weight is 326 g/mol. The van der Waals surface area contributed by atoms with Crippen molar-refractivity contribution >= 4 is 5.97 Å². The standard InChI is InChI=1S/C19H18O5/c20-18-9-15(11-21-18)19(22-10-13-4-2-1-3-5-13)14-6-7-16-17(8-14)24-12-23-16/h1-8,15,19H,9-12H2/t15-,19-/m1/s1. The van der Waals surface area contributed by atoms with E-state index >= 15 is 0 Å². The van der Waals surface area contributed by atoms with E-state index in [1.165, 1.54) is 0 Å². The zero-order chi connectivity index (χ0) is 16.4. The Balaban J connectivity index is 1.57. The average Bonchev–Trinajstić information content (AvgIpc) is 3.24. The number of fused-ring (bicyclic) bond motifs is 1. The van der Waals surface area contributed by atoms with Crippen LogP contribution in [-0.2, 0) is 20.9 Å². The van der Waals surface area contributed by atoms with E-state index in [0.717, 1.165) is 16.9 Å². The fourth-order valence-corrected chi connectivity index (χ4v) is 3.08. The molecule has 24 heavy (non-hydrogen) atoms. The molecule has 0 unspecified atom stereocenters. The smallest absolute Gasteiger partial charge is 0.306 e. The van der Waals surface area contributed by atoms with Gasteiger partial charge in [-0.2, -0.15) is 0 Å². The quantitative estimate of drug-likeness (QED) is 0.790. The number of benzene rings is 2. The van der Waals surface area contributed by atoms with Crippen LogP contribution in [-0.4, -0.2) is 19.4 Å². The number of carbonyl (C=O) groups excluding carboxylic acids is 1. The molecule has 0 radical (unpaired) electrons. The molecular weight excluding hydrogens is 308 g/mol. The van der Waals surface area contributed by atoms with Crippen LogP contribution in [0.3, 0.4) is 0 Å². The van der Waals surface area contributed by atoms with Crippen molar-refractivity contribution in [1.29, 1.82) is 0 Å². The summed E-state index contributed by atoms with van der Waals surface area (Å²) in [6.07, 6.45) is 0.139. The highest BCUT2D eigenvalue weighted by molar-refractivity contribution is 5.71. The summed E-state index contributed by atoms with van der Waals surface area (Å²) >= 11 is 0. The molecule has 2 aromatic carbocycles. The van der Waals surface area contributed by atoms with Crippen LogP contribution >= 0.6 is 0 Å². The van der Waals surface area contributed by atoms with Crippen LogP contribution in [0.15, 0.2) is 48.5 Å². The van der Waals surface area contributed by atoms with Gasteiger partial charge in [0.05, 0.1) is 25.7 Å². The summed E-state index contributed by atoms with van der Waals surface area (Å²) in [6.45, 7) is 1.09. The van der Waals surface area contributed by atoms with Crippen LogP contribution in [0, 0.1) is 5.92 Å². The van der Waals surface area contributed by atoms with E-state index in [0.29, 0.717) is 25.4 Å². The first kappa shape index (κ1) is 15.0. The van der Waals surface area contributed by atoms with Crippen molar-refractivity contribution in [2.24, 2.45) is 5.92 Å². The summed E-state index contributed by atoms with van der Waals surface area (Å²) in [4.78, 5) is 11.5. The summed E-state index contributed by atoms with van der Waals surface area (Å²) in [5, 5.41) is 0. The lowest BCUT2D eigenvalue weighted by Crippen LogP contribution is -2.17. The maximum absolute atomic E-state index is 11.5. The maximum atomic E-state index is 11.5. The van der Waals surface area contributed by atoms with E-state index in [-0.39, 0.29) is 24.8 Å². The van der Waals surface area contributed by atoms with Crippen LogP contribution in [0.25, 0.3) is 0 Å². The van der Waals surface area contributed by atoms with E-state index < -0.39 is 0 Å². The SMILES string of the molecule is O=C1C[C@@H]([C@H](OCc2ccccc2)c2ccc3c(c2)OCO3)CO1. The minimum absolute atomic E-state index is 0.00147. The van der Waals surface area contributed by atoms with Crippen molar-refractivity contribution in [3.63, 3.8) is 0 Å². The Morgan fingerprint density at radius 1 is 1.04 bits per heavy atom. The minimum Gasteiger partial charge on any atom is -0.465 e. The number of esters is 1. The largest absolute Gasteiger partial charge is 0.465 e. The van der Waals surface area contributed by atoms with Crippen molar-refractivity contribution in [3.05, 3.63) is 59.7 Å². The van der Waals surface area contributed by atoms with E-state index in [9.17, 15) is 4.79 Å². The first-order valence-electron chi connectivity index (χ1n) is 8.00. The predicted octanol–water partition coefficient (Wildman–Crippen LogP) is 3.24. The van der Waals surface area contributed by atoms with Crippen LogP contribution < -0.4 is 9.47 Å². The molecule has 0 spiro atoms. The molecule has 2 aliphatic heterocycles. The van der Waals surface area contributed by atoms with Gasteiger partial charge in [0.15, 0.2) is 11.5 Å². The van der Waals surface area contributed by atoms with Gasteiger partial charge in [-0.05, 0) is 23.3 Å². The predicted molar refractivity (Wildman–Crippen MR) is 85.6 cm³/mol. The van der Waals surface area contributed by atoms with Crippen molar-refractivity contribution < 1.29 is 23.7 Å². The lowest BCUT2D eigenvalue weighted by molar-refractivity contribution is -0.137. The van der Waals surface area contributed by atoms with E-state index in [1.807, 2.05) is 48.5 Å². The third-order valence-corrected chi connectivity index (χ3v) is 4.31. The summed E-state index contributed by atoms with van der Waals surface area (Å²) in [6, 6.07) is 15.8. The normalized spacial score (nSPS) is 20.0. The van der Waals surface area contributed by atoms with Crippen LogP contribution in [0.1, 0.15) is 23.7 Å². The zero-order valence-corrected chi connectivity index (χ0v) is 13.1. The number of ether oxygens (including phenoxy) is 4. The number of hydrogen-bond acceptors (Lipinski definition) is 5. The van der Waals surface area contributed by atoms with Gasteiger partial charge in [-0.3, -0.25) is 4.79 Å². The number of cyclic esters (lactones) is 1. The molecule has 0 amide bonds. The van der Waals surface area contributed by atoms with Gasteiger partial charge in [-0.25, -0.2) is 0 Å². The van der Waals surface area contributed by atoms with Crippen LogP contribution in [0.2, 0.25) is 0 Å². The molecule has 1 fully saturated rings. The Morgan fingerprint density at radius 3 is 2.67 bits per heavy atom. The number of hydrogen-bond donors (Lipinski definition) is 0. The summed E-state index contributed by atoms with van der Waals surface area (Å²) in [5.41, 5.74) is 2.06. The molecule has 4 rings (SSSR count). The van der Waals surface area contributed by atoms with Gasteiger partial charge in [0.25, 0.3) is 0 Å². The summed E-state index contributed by atoms with van der Waals surface area (Å²) < 4.78 is 22.1. The first-order valence-corrected chi connectivity index (χ1v) is 8.00. The minimum atomic E-state index is -0.230. The highest BCUT2D eigenvalue weighted by Gasteiger charge is 2.33. The Hall–Kier alpha value is -2.53. The summed E-state index contributed by atoms with van der Waals surface area (Å²) in [7, 11) is 0. The molecule has 0 saturated carbocycles. The molecule has 0 N–H and O–H groups in total. The molecule has 5 heteroatoms. The molecule has 0 aliphatic carbocycles. The second-order valence-corrected chi connectivity index (χ2v) is 5.98. The molecule has 0 aromatic heterocycles. The second kappa shape index (κ2) is 6.53. The van der Waals surface area contributed by atoms with Crippen molar-refractivity contribution in [2.45, 2.75) is 19.1 Å². The molecule has 2 atom stereocenters. The molecule has 2 heterocycles. The highest BCUT2D eigenvalue weighted by atomic mass is 16.7. The lowest BCUT2D eigenvalue weighted by atomic mass is 9.94. The zero-order valence-electron chi connectivity index (χ0n) is 13.1. The van der Waals surface area contributed by atoms with E-state index in [2.05, 4.69) is 0 Å². The van der Waals surface area contributed by atoms with Gasteiger partial charge in [-0.15, -0.1) is 0 Å². The van der Waals surface area contributed by atoms with Crippen LogP contribution in [0.4, 0.5) is 0 Å². The monoisotopic (exact) mass is 326 g/mol. The maximum Gasteiger partial charge on any atom is 0.306 e. The van der Waals surface area contributed by atoms with Gasteiger partial charge in [0.2, 0.25) is 6.79 Å². The van der Waals surface area contributed by atoms with Gasteiger partial charge < -0.3 is 18.9 Å². The number of carbonyl (C=O) groups is 1.